The second-order valence-corrected chi connectivity index (χ2v) is 5.76. The van der Waals surface area contributed by atoms with Crippen molar-refractivity contribution in [1.29, 1.82) is 0 Å². The third-order valence-electron chi connectivity index (χ3n) is 4.25. The Bertz CT molecular complexity index is 739. The van der Waals surface area contributed by atoms with Gasteiger partial charge >= 0.3 is 6.18 Å². The Kier molecular flexibility index (Phi) is 3.88. The summed E-state index contributed by atoms with van der Waals surface area (Å²) in [6, 6.07) is 12.5. The molecule has 2 aromatic carbocycles. The first-order chi connectivity index (χ1) is 10.9. The minimum Gasteiger partial charge on any atom is -0.345 e. The van der Waals surface area contributed by atoms with Crippen molar-refractivity contribution in [3.05, 3.63) is 70.8 Å². The van der Waals surface area contributed by atoms with Gasteiger partial charge in [-0.25, -0.2) is 0 Å². The van der Waals surface area contributed by atoms with E-state index in [1.165, 1.54) is 6.07 Å². The van der Waals surface area contributed by atoms with Gasteiger partial charge in [-0.2, -0.15) is 13.2 Å². The van der Waals surface area contributed by atoms with Crippen LogP contribution >= 0.6 is 0 Å². The van der Waals surface area contributed by atoms with Crippen molar-refractivity contribution in [1.82, 2.24) is 4.90 Å². The first-order valence-electron chi connectivity index (χ1n) is 7.38. The summed E-state index contributed by atoms with van der Waals surface area (Å²) in [6.45, 7) is 0.561. The fourth-order valence-corrected chi connectivity index (χ4v) is 3.01. The number of nitrogens with zero attached hydrogens (tertiary/aromatic N) is 1. The largest absolute Gasteiger partial charge is 0.416 e. The molecule has 5 heteroatoms. The summed E-state index contributed by atoms with van der Waals surface area (Å²) in [4.78, 5) is 14.3. The van der Waals surface area contributed by atoms with Crippen LogP contribution in [0.2, 0.25) is 0 Å². The average molecular weight is 319 g/mol. The van der Waals surface area contributed by atoms with Crippen LogP contribution in [-0.2, 0) is 17.4 Å². The maximum Gasteiger partial charge on any atom is 0.416 e. The Hall–Kier alpha value is -2.30. The number of hydrogen-bond acceptors (Lipinski definition) is 1. The van der Waals surface area contributed by atoms with Crippen LogP contribution in [0.4, 0.5) is 13.2 Å². The number of halogens is 3. The van der Waals surface area contributed by atoms with Gasteiger partial charge in [-0.15, -0.1) is 0 Å². The molecule has 0 radical (unpaired) electrons. The van der Waals surface area contributed by atoms with Crippen molar-refractivity contribution in [2.75, 3.05) is 13.6 Å². The normalized spacial score (nSPS) is 18.5. The highest BCUT2D eigenvalue weighted by Crippen LogP contribution is 2.35. The predicted octanol–water partition coefficient (Wildman–Crippen LogP) is 3.85. The molecule has 0 saturated heterocycles. The number of carbonyl (C=O) groups excluding carboxylic acids is 1. The van der Waals surface area contributed by atoms with Gasteiger partial charge in [0.05, 0.1) is 11.5 Å². The van der Waals surface area contributed by atoms with Crippen molar-refractivity contribution >= 4 is 5.91 Å². The maximum atomic E-state index is 13.0. The van der Waals surface area contributed by atoms with E-state index in [9.17, 15) is 18.0 Å². The summed E-state index contributed by atoms with van der Waals surface area (Å²) in [5.41, 5.74) is 1.45. The van der Waals surface area contributed by atoms with Gasteiger partial charge in [0.25, 0.3) is 0 Å². The molecule has 1 heterocycles. The molecule has 2 aromatic rings. The van der Waals surface area contributed by atoms with Gasteiger partial charge in [-0.3, -0.25) is 4.79 Å². The number of amides is 1. The lowest BCUT2D eigenvalue weighted by Gasteiger charge is -2.22. The molecule has 120 valence electrons. The molecular weight excluding hydrogens is 303 g/mol. The van der Waals surface area contributed by atoms with E-state index >= 15 is 0 Å². The van der Waals surface area contributed by atoms with E-state index in [4.69, 9.17) is 0 Å². The minimum atomic E-state index is -4.42. The topological polar surface area (TPSA) is 20.3 Å². The Labute approximate surface area is 132 Å². The number of rotatable bonds is 1. The van der Waals surface area contributed by atoms with Crippen molar-refractivity contribution in [3.8, 4) is 0 Å². The standard InChI is InChI=1S/C18H16F3NO/c1-22-10-9-12-5-2-3-8-15(12)16(17(22)23)13-6-4-7-14(11-13)18(19,20)21/h2-8,11,16H,9-10H2,1H3/t16-/m1/s1. The maximum absolute atomic E-state index is 13.0. The summed E-state index contributed by atoms with van der Waals surface area (Å²) in [5.74, 6) is -0.865. The Morgan fingerprint density at radius 2 is 1.83 bits per heavy atom. The van der Waals surface area contributed by atoms with E-state index in [0.29, 0.717) is 18.5 Å². The smallest absolute Gasteiger partial charge is 0.345 e. The Morgan fingerprint density at radius 1 is 1.09 bits per heavy atom. The molecule has 1 amide bonds. The summed E-state index contributed by atoms with van der Waals surface area (Å²) < 4.78 is 39.0. The number of alkyl halides is 3. The number of benzene rings is 2. The zero-order chi connectivity index (χ0) is 16.6. The summed E-state index contributed by atoms with van der Waals surface area (Å²) >= 11 is 0. The monoisotopic (exact) mass is 319 g/mol. The van der Waals surface area contributed by atoms with Gasteiger partial charge in [-0.05, 0) is 29.2 Å². The zero-order valence-electron chi connectivity index (χ0n) is 12.6. The third kappa shape index (κ3) is 2.96. The van der Waals surface area contributed by atoms with Crippen LogP contribution in [0, 0.1) is 0 Å². The van der Waals surface area contributed by atoms with E-state index in [2.05, 4.69) is 0 Å². The number of carbonyl (C=O) groups is 1. The first-order valence-corrected chi connectivity index (χ1v) is 7.38. The molecule has 0 saturated carbocycles. The van der Waals surface area contributed by atoms with Gasteiger partial charge in [-0.1, -0.05) is 42.5 Å². The quantitative estimate of drug-likeness (QED) is 0.782. The molecule has 1 atom stereocenters. The fourth-order valence-electron chi connectivity index (χ4n) is 3.01. The van der Waals surface area contributed by atoms with E-state index in [0.717, 1.165) is 23.3 Å². The van der Waals surface area contributed by atoms with Crippen LogP contribution in [-0.4, -0.2) is 24.4 Å². The molecule has 2 nitrogen and oxygen atoms in total. The highest BCUT2D eigenvalue weighted by atomic mass is 19.4. The third-order valence-corrected chi connectivity index (χ3v) is 4.25. The molecular formula is C18H16F3NO. The molecule has 0 bridgehead atoms. The minimum absolute atomic E-state index is 0.172. The van der Waals surface area contributed by atoms with Crippen LogP contribution < -0.4 is 0 Å². The zero-order valence-corrected chi connectivity index (χ0v) is 12.6. The molecule has 0 aliphatic carbocycles. The van der Waals surface area contributed by atoms with E-state index in [1.54, 1.807) is 18.0 Å². The molecule has 0 N–H and O–H groups in total. The van der Waals surface area contributed by atoms with Gasteiger partial charge in [0.1, 0.15) is 0 Å². The lowest BCUT2D eigenvalue weighted by atomic mass is 9.87. The van der Waals surface area contributed by atoms with Gasteiger partial charge in [0, 0.05) is 13.6 Å². The number of likely N-dealkylation sites (N-methyl/N-ethyl adjacent to an activating group) is 1. The van der Waals surface area contributed by atoms with Crippen LogP contribution in [0.25, 0.3) is 0 Å². The summed E-state index contributed by atoms with van der Waals surface area (Å²) in [6.07, 6.45) is -3.72. The SMILES string of the molecule is CN1CCc2ccccc2[C@@H](c2cccc(C(F)(F)F)c2)C1=O. The molecule has 23 heavy (non-hydrogen) atoms. The van der Waals surface area contributed by atoms with Crippen LogP contribution in [0.5, 0.6) is 0 Å². The summed E-state index contributed by atoms with van der Waals surface area (Å²) in [7, 11) is 1.69. The molecule has 1 aliphatic heterocycles. The second kappa shape index (κ2) is 5.72. The fraction of sp³-hybridized carbons (Fsp3) is 0.278. The van der Waals surface area contributed by atoms with Crippen LogP contribution in [0.3, 0.4) is 0 Å². The van der Waals surface area contributed by atoms with Crippen LogP contribution in [0.15, 0.2) is 48.5 Å². The molecule has 1 aliphatic rings. The van der Waals surface area contributed by atoms with Crippen molar-refractivity contribution in [2.45, 2.75) is 18.5 Å². The molecule has 0 fully saturated rings. The first kappa shape index (κ1) is 15.6. The average Bonchev–Trinajstić information content (AvgIpc) is 2.65. The highest BCUT2D eigenvalue weighted by Gasteiger charge is 2.34. The predicted molar refractivity (Wildman–Crippen MR) is 81.1 cm³/mol. The highest BCUT2D eigenvalue weighted by molar-refractivity contribution is 5.88. The Morgan fingerprint density at radius 3 is 2.57 bits per heavy atom. The van der Waals surface area contributed by atoms with E-state index in [1.807, 2.05) is 24.3 Å². The van der Waals surface area contributed by atoms with Crippen LogP contribution in [0.1, 0.15) is 28.2 Å². The molecule has 0 spiro atoms. The lowest BCUT2D eigenvalue weighted by molar-refractivity contribution is -0.138. The van der Waals surface area contributed by atoms with Gasteiger partial charge in [0.2, 0.25) is 5.91 Å². The van der Waals surface area contributed by atoms with E-state index in [-0.39, 0.29) is 5.91 Å². The van der Waals surface area contributed by atoms with Crippen molar-refractivity contribution in [3.63, 3.8) is 0 Å². The van der Waals surface area contributed by atoms with Gasteiger partial charge in [0.15, 0.2) is 0 Å². The summed E-state index contributed by atoms with van der Waals surface area (Å²) in [5, 5.41) is 0. The van der Waals surface area contributed by atoms with Crippen molar-refractivity contribution in [2.24, 2.45) is 0 Å². The van der Waals surface area contributed by atoms with Gasteiger partial charge < -0.3 is 4.90 Å². The second-order valence-electron chi connectivity index (χ2n) is 5.76. The van der Waals surface area contributed by atoms with E-state index < -0.39 is 17.7 Å². The number of hydrogen-bond donors (Lipinski definition) is 0. The number of fused-ring (bicyclic) bond motifs is 1. The molecule has 0 aromatic heterocycles. The molecule has 3 rings (SSSR count). The van der Waals surface area contributed by atoms with Crippen molar-refractivity contribution < 1.29 is 18.0 Å². The lowest BCUT2D eigenvalue weighted by Crippen LogP contribution is -2.31. The Balaban J connectivity index is 2.14. The molecule has 0 unspecified atom stereocenters.